The molecule has 4 N–H and O–H groups in total. The summed E-state index contributed by atoms with van der Waals surface area (Å²) in [5.41, 5.74) is 6.62. The second kappa shape index (κ2) is 3.61. The quantitative estimate of drug-likeness (QED) is 0.616. The highest BCUT2D eigenvalue weighted by Crippen LogP contribution is 2.11. The molecule has 0 heterocycles. The largest absolute Gasteiger partial charge is 0.388 e. The van der Waals surface area contributed by atoms with Crippen LogP contribution in [0.5, 0.6) is 0 Å². The molecule has 2 amide bonds. The average molecular weight is 165 g/mol. The van der Waals surface area contributed by atoms with E-state index in [1.165, 1.54) is 0 Å². The standard InChI is InChI=1S/C8H11N3O/c1-10-6-2-4-7(5-3-6)11-8(9)12/h2-5,10H,1H3,(H3,9,11,12). The molecular formula is C8H11N3O. The van der Waals surface area contributed by atoms with Gasteiger partial charge in [0.2, 0.25) is 0 Å². The number of rotatable bonds is 2. The van der Waals surface area contributed by atoms with E-state index in [0.29, 0.717) is 5.69 Å². The number of hydrogen-bond acceptors (Lipinski definition) is 2. The summed E-state index contributed by atoms with van der Waals surface area (Å²) in [6, 6.07) is 6.70. The van der Waals surface area contributed by atoms with Crippen molar-refractivity contribution in [2.24, 2.45) is 5.73 Å². The van der Waals surface area contributed by atoms with Gasteiger partial charge in [-0.3, -0.25) is 0 Å². The molecule has 1 aromatic carbocycles. The van der Waals surface area contributed by atoms with Crippen molar-refractivity contribution in [2.75, 3.05) is 17.7 Å². The predicted molar refractivity (Wildman–Crippen MR) is 49.2 cm³/mol. The highest BCUT2D eigenvalue weighted by atomic mass is 16.2. The van der Waals surface area contributed by atoms with E-state index in [4.69, 9.17) is 5.73 Å². The van der Waals surface area contributed by atoms with Gasteiger partial charge in [0.1, 0.15) is 0 Å². The number of urea groups is 1. The van der Waals surface area contributed by atoms with E-state index >= 15 is 0 Å². The first-order chi connectivity index (χ1) is 5.72. The Bertz CT molecular complexity index is 268. The minimum Gasteiger partial charge on any atom is -0.388 e. The summed E-state index contributed by atoms with van der Waals surface area (Å²) < 4.78 is 0. The zero-order valence-electron chi connectivity index (χ0n) is 6.79. The first-order valence-electron chi connectivity index (χ1n) is 3.56. The minimum absolute atomic E-state index is 0.549. The van der Waals surface area contributed by atoms with Crippen LogP contribution in [0.15, 0.2) is 24.3 Å². The highest BCUT2D eigenvalue weighted by Gasteiger charge is 1.94. The van der Waals surface area contributed by atoms with Gasteiger partial charge in [0.25, 0.3) is 0 Å². The molecule has 0 aliphatic rings. The van der Waals surface area contributed by atoms with E-state index in [9.17, 15) is 4.79 Å². The van der Waals surface area contributed by atoms with Crippen LogP contribution < -0.4 is 16.4 Å². The van der Waals surface area contributed by atoms with Crippen molar-refractivity contribution < 1.29 is 4.79 Å². The van der Waals surface area contributed by atoms with Crippen molar-refractivity contribution in [2.45, 2.75) is 0 Å². The van der Waals surface area contributed by atoms with Crippen LogP contribution in [-0.2, 0) is 0 Å². The molecule has 0 unspecified atom stereocenters. The van der Waals surface area contributed by atoms with Gasteiger partial charge in [0.15, 0.2) is 0 Å². The van der Waals surface area contributed by atoms with Crippen molar-refractivity contribution >= 4 is 17.4 Å². The Kier molecular flexibility index (Phi) is 2.53. The number of carbonyl (C=O) groups excluding carboxylic acids is 1. The van der Waals surface area contributed by atoms with Crippen molar-refractivity contribution in [1.29, 1.82) is 0 Å². The first kappa shape index (κ1) is 8.39. The second-order valence-electron chi connectivity index (χ2n) is 2.32. The third kappa shape index (κ3) is 2.16. The van der Waals surface area contributed by atoms with Crippen LogP contribution in [0.3, 0.4) is 0 Å². The molecule has 0 atom stereocenters. The van der Waals surface area contributed by atoms with Crippen molar-refractivity contribution in [3.8, 4) is 0 Å². The lowest BCUT2D eigenvalue weighted by molar-refractivity contribution is 0.259. The number of nitrogens with two attached hydrogens (primary N) is 1. The maximum Gasteiger partial charge on any atom is 0.316 e. The summed E-state index contributed by atoms with van der Waals surface area (Å²) in [6.07, 6.45) is 0. The molecule has 0 saturated carbocycles. The van der Waals surface area contributed by atoms with Gasteiger partial charge in [-0.05, 0) is 24.3 Å². The number of primary amides is 1. The fourth-order valence-corrected chi connectivity index (χ4v) is 0.862. The lowest BCUT2D eigenvalue weighted by Gasteiger charge is -2.02. The number of nitrogens with one attached hydrogen (secondary N) is 2. The molecule has 1 rings (SSSR count). The van der Waals surface area contributed by atoms with Crippen molar-refractivity contribution in [3.63, 3.8) is 0 Å². The fourth-order valence-electron chi connectivity index (χ4n) is 0.862. The molecule has 4 heteroatoms. The number of hydrogen-bond donors (Lipinski definition) is 3. The fraction of sp³-hybridized carbons (Fsp3) is 0.125. The monoisotopic (exact) mass is 165 g/mol. The Labute approximate surface area is 70.8 Å². The van der Waals surface area contributed by atoms with Gasteiger partial charge < -0.3 is 16.4 Å². The Balaban J connectivity index is 2.71. The first-order valence-corrected chi connectivity index (χ1v) is 3.56. The summed E-state index contributed by atoms with van der Waals surface area (Å²) in [4.78, 5) is 10.4. The summed E-state index contributed by atoms with van der Waals surface area (Å²) in [5.74, 6) is 0. The number of benzene rings is 1. The van der Waals surface area contributed by atoms with Gasteiger partial charge in [-0.15, -0.1) is 0 Å². The van der Waals surface area contributed by atoms with Crippen LogP contribution in [-0.4, -0.2) is 13.1 Å². The smallest absolute Gasteiger partial charge is 0.316 e. The van der Waals surface area contributed by atoms with Gasteiger partial charge in [0.05, 0.1) is 0 Å². The van der Waals surface area contributed by atoms with Crippen LogP contribution >= 0.6 is 0 Å². The number of carbonyl (C=O) groups is 1. The zero-order valence-corrected chi connectivity index (χ0v) is 6.79. The van der Waals surface area contributed by atoms with E-state index < -0.39 is 6.03 Å². The molecule has 0 fully saturated rings. The van der Waals surface area contributed by atoms with Crippen molar-refractivity contribution in [3.05, 3.63) is 24.3 Å². The second-order valence-corrected chi connectivity index (χ2v) is 2.32. The van der Waals surface area contributed by atoms with Gasteiger partial charge >= 0.3 is 6.03 Å². The van der Waals surface area contributed by atoms with Crippen LogP contribution in [0.2, 0.25) is 0 Å². The van der Waals surface area contributed by atoms with Gasteiger partial charge in [-0.2, -0.15) is 0 Å². The summed E-state index contributed by atoms with van der Waals surface area (Å²) in [6.45, 7) is 0. The van der Waals surface area contributed by atoms with Crippen molar-refractivity contribution in [1.82, 2.24) is 0 Å². The van der Waals surface area contributed by atoms with Crippen LogP contribution in [0, 0.1) is 0 Å². The molecular weight excluding hydrogens is 154 g/mol. The average Bonchev–Trinajstić information content (AvgIpc) is 2.05. The number of anilines is 2. The molecule has 0 aromatic heterocycles. The Morgan fingerprint density at radius 3 is 2.17 bits per heavy atom. The predicted octanol–water partition coefficient (Wildman–Crippen LogP) is 1.22. The van der Waals surface area contributed by atoms with Gasteiger partial charge in [-0.1, -0.05) is 0 Å². The van der Waals surface area contributed by atoms with Gasteiger partial charge in [-0.25, -0.2) is 4.79 Å². The molecule has 0 aliphatic heterocycles. The Hall–Kier alpha value is -1.71. The van der Waals surface area contributed by atoms with E-state index in [1.807, 2.05) is 19.2 Å². The van der Waals surface area contributed by atoms with E-state index in [2.05, 4.69) is 10.6 Å². The molecule has 64 valence electrons. The molecule has 1 aromatic rings. The van der Waals surface area contributed by atoms with E-state index in [-0.39, 0.29) is 0 Å². The SMILES string of the molecule is CNc1ccc(NC(N)=O)cc1. The lowest BCUT2D eigenvalue weighted by Crippen LogP contribution is -2.19. The molecule has 0 bridgehead atoms. The number of amides is 2. The molecule has 4 nitrogen and oxygen atoms in total. The Morgan fingerprint density at radius 2 is 1.75 bits per heavy atom. The third-order valence-electron chi connectivity index (χ3n) is 1.44. The maximum atomic E-state index is 10.4. The summed E-state index contributed by atoms with van der Waals surface area (Å²) in [5, 5.41) is 5.43. The minimum atomic E-state index is -0.549. The molecule has 0 spiro atoms. The van der Waals surface area contributed by atoms with Gasteiger partial charge in [0, 0.05) is 18.4 Å². The maximum absolute atomic E-state index is 10.4. The molecule has 12 heavy (non-hydrogen) atoms. The zero-order chi connectivity index (χ0) is 8.97. The van der Waals surface area contributed by atoms with Crippen LogP contribution in [0.1, 0.15) is 0 Å². The summed E-state index contributed by atoms with van der Waals surface area (Å²) >= 11 is 0. The highest BCUT2D eigenvalue weighted by molar-refractivity contribution is 5.87. The topological polar surface area (TPSA) is 67.2 Å². The third-order valence-corrected chi connectivity index (χ3v) is 1.44. The van der Waals surface area contributed by atoms with E-state index in [0.717, 1.165) is 5.69 Å². The molecule has 0 aliphatic carbocycles. The Morgan fingerprint density at radius 1 is 1.25 bits per heavy atom. The molecule has 0 radical (unpaired) electrons. The van der Waals surface area contributed by atoms with E-state index in [1.54, 1.807) is 12.1 Å². The van der Waals surface area contributed by atoms with Crippen LogP contribution in [0.25, 0.3) is 0 Å². The summed E-state index contributed by atoms with van der Waals surface area (Å²) in [7, 11) is 1.83. The normalized spacial score (nSPS) is 9.08. The molecule has 0 saturated heterocycles. The van der Waals surface area contributed by atoms with Crippen LogP contribution in [0.4, 0.5) is 16.2 Å². The lowest BCUT2D eigenvalue weighted by atomic mass is 10.3.